The summed E-state index contributed by atoms with van der Waals surface area (Å²) in [6.07, 6.45) is 5.67. The SMILES string of the molecule is CCCCCCCS(=O)(=O)NS(=O)(=O)CCCCN(C)C. The number of nitrogens with one attached hydrogen (secondary N) is 1. The minimum Gasteiger partial charge on any atom is -0.309 e. The lowest BCUT2D eigenvalue weighted by atomic mass is 10.2. The molecule has 0 saturated carbocycles. The summed E-state index contributed by atoms with van der Waals surface area (Å²) in [4.78, 5) is 1.97. The van der Waals surface area contributed by atoms with Gasteiger partial charge in [0.15, 0.2) is 0 Å². The third kappa shape index (κ3) is 13.2. The van der Waals surface area contributed by atoms with Gasteiger partial charge in [-0.05, 0) is 39.9 Å². The molecule has 0 rings (SSSR count). The van der Waals surface area contributed by atoms with Crippen LogP contribution < -0.4 is 4.13 Å². The van der Waals surface area contributed by atoms with E-state index in [0.29, 0.717) is 12.8 Å². The highest BCUT2D eigenvalue weighted by Crippen LogP contribution is 2.05. The number of hydrogen-bond donors (Lipinski definition) is 1. The first-order valence-electron chi connectivity index (χ1n) is 7.57. The van der Waals surface area contributed by atoms with Crippen molar-refractivity contribution in [1.29, 1.82) is 0 Å². The minimum atomic E-state index is -3.74. The van der Waals surface area contributed by atoms with E-state index in [1.54, 1.807) is 0 Å². The van der Waals surface area contributed by atoms with Crippen molar-refractivity contribution in [2.24, 2.45) is 0 Å². The molecule has 0 aromatic rings. The molecule has 21 heavy (non-hydrogen) atoms. The molecule has 0 spiro atoms. The van der Waals surface area contributed by atoms with Gasteiger partial charge >= 0.3 is 0 Å². The van der Waals surface area contributed by atoms with Crippen LogP contribution in [0.3, 0.4) is 0 Å². The van der Waals surface area contributed by atoms with Crippen LogP contribution in [-0.4, -0.2) is 53.9 Å². The molecule has 0 aliphatic rings. The van der Waals surface area contributed by atoms with Gasteiger partial charge in [0.05, 0.1) is 11.5 Å². The first-order valence-corrected chi connectivity index (χ1v) is 10.9. The Hall–Kier alpha value is -0.180. The average Bonchev–Trinajstić information content (AvgIpc) is 2.33. The highest BCUT2D eigenvalue weighted by Gasteiger charge is 2.19. The number of rotatable bonds is 13. The first-order chi connectivity index (χ1) is 9.68. The maximum absolute atomic E-state index is 11.7. The molecule has 0 bridgehead atoms. The minimum absolute atomic E-state index is 0.117. The zero-order valence-electron chi connectivity index (χ0n) is 13.5. The molecule has 0 heterocycles. The summed E-state index contributed by atoms with van der Waals surface area (Å²) >= 11 is 0. The zero-order valence-corrected chi connectivity index (χ0v) is 15.1. The Bertz CT molecular complexity index is 459. The van der Waals surface area contributed by atoms with E-state index in [-0.39, 0.29) is 11.5 Å². The highest BCUT2D eigenvalue weighted by molar-refractivity contribution is 8.04. The fourth-order valence-electron chi connectivity index (χ4n) is 1.89. The lowest BCUT2D eigenvalue weighted by molar-refractivity contribution is 0.398. The fraction of sp³-hybridized carbons (Fsp3) is 1.00. The van der Waals surface area contributed by atoms with Crippen LogP contribution in [0, 0.1) is 0 Å². The molecule has 0 unspecified atom stereocenters. The summed E-state index contributed by atoms with van der Waals surface area (Å²) in [6, 6.07) is 0. The van der Waals surface area contributed by atoms with Crippen molar-refractivity contribution in [2.45, 2.75) is 51.9 Å². The van der Waals surface area contributed by atoms with Gasteiger partial charge in [0.2, 0.25) is 20.0 Å². The second-order valence-corrected chi connectivity index (χ2v) is 9.59. The summed E-state index contributed by atoms with van der Waals surface area (Å²) in [6.45, 7) is 2.88. The molecule has 128 valence electrons. The van der Waals surface area contributed by atoms with E-state index in [4.69, 9.17) is 0 Å². The van der Waals surface area contributed by atoms with Crippen molar-refractivity contribution in [3.8, 4) is 0 Å². The van der Waals surface area contributed by atoms with E-state index in [1.165, 1.54) is 0 Å². The van der Waals surface area contributed by atoms with Crippen LogP contribution in [0.1, 0.15) is 51.9 Å². The summed E-state index contributed by atoms with van der Waals surface area (Å²) in [5, 5.41) is 0. The van der Waals surface area contributed by atoms with Crippen LogP contribution in [0.2, 0.25) is 0 Å². The second kappa shape index (κ2) is 10.5. The number of hydrogen-bond acceptors (Lipinski definition) is 5. The van der Waals surface area contributed by atoms with Gasteiger partial charge in [0, 0.05) is 0 Å². The van der Waals surface area contributed by atoms with Crippen LogP contribution in [0.4, 0.5) is 0 Å². The number of nitrogens with zero attached hydrogens (tertiary/aromatic N) is 1. The normalized spacial score (nSPS) is 13.0. The van der Waals surface area contributed by atoms with Crippen LogP contribution in [0.25, 0.3) is 0 Å². The van der Waals surface area contributed by atoms with E-state index < -0.39 is 20.0 Å². The van der Waals surface area contributed by atoms with Gasteiger partial charge in [0.25, 0.3) is 0 Å². The van der Waals surface area contributed by atoms with Crippen molar-refractivity contribution >= 4 is 20.0 Å². The Morgan fingerprint density at radius 2 is 1.24 bits per heavy atom. The summed E-state index contributed by atoms with van der Waals surface area (Å²) in [7, 11) is -3.64. The Labute approximate surface area is 130 Å². The van der Waals surface area contributed by atoms with E-state index in [1.807, 2.05) is 23.1 Å². The largest absolute Gasteiger partial charge is 0.309 e. The van der Waals surface area contributed by atoms with Crippen molar-refractivity contribution in [2.75, 3.05) is 32.1 Å². The highest BCUT2D eigenvalue weighted by atomic mass is 32.3. The average molecular weight is 343 g/mol. The topological polar surface area (TPSA) is 83.5 Å². The standard InChI is InChI=1S/C13H30N2O4S2/c1-4-5-6-7-9-12-20(16,17)14-21(18,19)13-10-8-11-15(2)3/h14H,4-13H2,1-3H3. The van der Waals surface area contributed by atoms with Gasteiger partial charge in [-0.3, -0.25) is 0 Å². The van der Waals surface area contributed by atoms with Gasteiger partial charge in [-0.15, -0.1) is 4.13 Å². The molecule has 8 heteroatoms. The van der Waals surface area contributed by atoms with Crippen molar-refractivity contribution in [1.82, 2.24) is 9.03 Å². The second-order valence-electron chi connectivity index (χ2n) is 5.65. The van der Waals surface area contributed by atoms with Crippen LogP contribution in [0.5, 0.6) is 0 Å². The van der Waals surface area contributed by atoms with Gasteiger partial charge in [-0.25, -0.2) is 16.8 Å². The van der Waals surface area contributed by atoms with Gasteiger partial charge in [0.1, 0.15) is 0 Å². The molecule has 0 aliphatic carbocycles. The summed E-state index contributed by atoms with van der Waals surface area (Å²) < 4.78 is 48.7. The van der Waals surface area contributed by atoms with Gasteiger partial charge in [-0.2, -0.15) is 0 Å². The third-order valence-electron chi connectivity index (χ3n) is 3.04. The molecule has 0 amide bonds. The van der Waals surface area contributed by atoms with Gasteiger partial charge in [-0.1, -0.05) is 32.6 Å². The third-order valence-corrected chi connectivity index (χ3v) is 6.72. The monoisotopic (exact) mass is 342 g/mol. The molecular weight excluding hydrogens is 312 g/mol. The predicted octanol–water partition coefficient (Wildman–Crippen LogP) is 1.55. The Morgan fingerprint density at radius 3 is 1.71 bits per heavy atom. The molecule has 0 fully saturated rings. The maximum atomic E-state index is 11.7. The van der Waals surface area contributed by atoms with Crippen molar-refractivity contribution in [3.05, 3.63) is 0 Å². The van der Waals surface area contributed by atoms with E-state index >= 15 is 0 Å². The van der Waals surface area contributed by atoms with E-state index in [2.05, 4.69) is 6.92 Å². The molecule has 1 N–H and O–H groups in total. The Kier molecular flexibility index (Phi) is 10.4. The summed E-state index contributed by atoms with van der Waals surface area (Å²) in [5.41, 5.74) is 0. The predicted molar refractivity (Wildman–Crippen MR) is 87.3 cm³/mol. The maximum Gasteiger partial charge on any atom is 0.224 e. The zero-order chi connectivity index (χ0) is 16.4. The lowest BCUT2D eigenvalue weighted by Crippen LogP contribution is -2.34. The number of unbranched alkanes of at least 4 members (excludes halogenated alkanes) is 5. The molecule has 0 aliphatic heterocycles. The Morgan fingerprint density at radius 1 is 0.762 bits per heavy atom. The lowest BCUT2D eigenvalue weighted by Gasteiger charge is -2.10. The van der Waals surface area contributed by atoms with Gasteiger partial charge < -0.3 is 4.90 Å². The first kappa shape index (κ1) is 20.8. The molecular formula is C13H30N2O4S2. The molecule has 0 aromatic heterocycles. The molecule has 0 atom stereocenters. The van der Waals surface area contributed by atoms with Crippen LogP contribution >= 0.6 is 0 Å². The van der Waals surface area contributed by atoms with E-state index in [0.717, 1.165) is 38.6 Å². The van der Waals surface area contributed by atoms with Crippen molar-refractivity contribution in [3.63, 3.8) is 0 Å². The molecule has 0 aromatic carbocycles. The molecule has 0 saturated heterocycles. The fourth-order valence-corrected chi connectivity index (χ4v) is 5.28. The molecule has 0 radical (unpaired) electrons. The van der Waals surface area contributed by atoms with Crippen LogP contribution in [0.15, 0.2) is 0 Å². The summed E-state index contributed by atoms with van der Waals surface area (Å²) in [5.74, 6) is -0.260. The Balaban J connectivity index is 4.05. The quantitative estimate of drug-likeness (QED) is 0.513. The smallest absolute Gasteiger partial charge is 0.224 e. The van der Waals surface area contributed by atoms with Crippen molar-refractivity contribution < 1.29 is 16.8 Å². The van der Waals surface area contributed by atoms with E-state index in [9.17, 15) is 16.8 Å². The van der Waals surface area contributed by atoms with Crippen LogP contribution in [-0.2, 0) is 20.0 Å². The number of sulfonamides is 2. The molecule has 6 nitrogen and oxygen atoms in total.